The summed E-state index contributed by atoms with van der Waals surface area (Å²) in [6, 6.07) is 11.4. The van der Waals surface area contributed by atoms with E-state index in [1.54, 1.807) is 24.3 Å². The molecule has 7 heteroatoms. The normalized spacial score (nSPS) is 18.4. The average Bonchev–Trinajstić information content (AvgIpc) is 2.85. The van der Waals surface area contributed by atoms with Crippen molar-refractivity contribution in [2.75, 3.05) is 26.4 Å². The Balaban J connectivity index is 1.26. The number of piperidine rings is 1. The van der Waals surface area contributed by atoms with E-state index < -0.39 is 9.84 Å². The first-order chi connectivity index (χ1) is 16.3. The lowest BCUT2D eigenvalue weighted by molar-refractivity contribution is -0.134. The van der Waals surface area contributed by atoms with Gasteiger partial charge in [0.05, 0.1) is 10.6 Å². The molecule has 1 aromatic heterocycles. The first-order valence-electron chi connectivity index (χ1n) is 12.5. The Kier molecular flexibility index (Phi) is 8.04. The fourth-order valence-corrected chi connectivity index (χ4v) is 5.93. The number of benzene rings is 1. The Hall–Kier alpha value is -2.25. The lowest BCUT2D eigenvalue weighted by Crippen LogP contribution is -2.45. The Morgan fingerprint density at radius 2 is 1.68 bits per heavy atom. The Labute approximate surface area is 204 Å². The second-order valence-electron chi connectivity index (χ2n) is 10.1. The second-order valence-corrected chi connectivity index (χ2v) is 12.1. The van der Waals surface area contributed by atoms with Crippen LogP contribution in [0.25, 0.3) is 11.3 Å². The summed E-state index contributed by atoms with van der Waals surface area (Å²) in [6.45, 7) is 2.55. The van der Waals surface area contributed by atoms with Crippen molar-refractivity contribution in [1.29, 1.82) is 0 Å². The number of carbonyl (C=O) groups is 1. The summed E-state index contributed by atoms with van der Waals surface area (Å²) in [5.74, 6) is 0.965. The number of aromatic nitrogens is 1. The van der Waals surface area contributed by atoms with Crippen molar-refractivity contribution in [2.45, 2.75) is 68.8 Å². The molecule has 184 valence electrons. The van der Waals surface area contributed by atoms with Crippen LogP contribution < -0.4 is 0 Å². The average molecular weight is 484 g/mol. The van der Waals surface area contributed by atoms with Gasteiger partial charge in [-0.2, -0.15) is 0 Å². The van der Waals surface area contributed by atoms with Crippen LogP contribution in [0.4, 0.5) is 0 Å². The minimum Gasteiger partial charge on any atom is -0.343 e. The predicted molar refractivity (Wildman–Crippen MR) is 135 cm³/mol. The number of hydrogen-bond acceptors (Lipinski definition) is 5. The van der Waals surface area contributed by atoms with Crippen LogP contribution in [0.2, 0.25) is 0 Å². The van der Waals surface area contributed by atoms with Crippen molar-refractivity contribution in [1.82, 2.24) is 14.8 Å². The van der Waals surface area contributed by atoms with E-state index in [1.807, 2.05) is 12.3 Å². The summed E-state index contributed by atoms with van der Waals surface area (Å²) < 4.78 is 23.3. The highest BCUT2D eigenvalue weighted by Gasteiger charge is 2.27. The molecule has 0 bridgehead atoms. The van der Waals surface area contributed by atoms with Gasteiger partial charge < -0.3 is 4.90 Å². The number of nitrogens with zero attached hydrogens (tertiary/aromatic N) is 3. The van der Waals surface area contributed by atoms with Crippen molar-refractivity contribution in [3.05, 3.63) is 48.2 Å². The zero-order chi connectivity index (χ0) is 24.1. The number of pyridine rings is 1. The van der Waals surface area contributed by atoms with Crippen LogP contribution in [0.5, 0.6) is 0 Å². The molecule has 2 heterocycles. The lowest BCUT2D eigenvalue weighted by atomic mass is 9.86. The third-order valence-corrected chi connectivity index (χ3v) is 8.59. The summed E-state index contributed by atoms with van der Waals surface area (Å²) in [7, 11) is -1.04. The molecular formula is C27H37N3O3S. The first kappa shape index (κ1) is 24.9. The van der Waals surface area contributed by atoms with E-state index in [2.05, 4.69) is 27.9 Å². The van der Waals surface area contributed by atoms with Crippen molar-refractivity contribution in [3.8, 4) is 11.3 Å². The van der Waals surface area contributed by atoms with Crippen molar-refractivity contribution in [2.24, 2.45) is 5.92 Å². The van der Waals surface area contributed by atoms with Crippen molar-refractivity contribution in [3.63, 3.8) is 0 Å². The van der Waals surface area contributed by atoms with Gasteiger partial charge in [-0.25, -0.2) is 8.42 Å². The van der Waals surface area contributed by atoms with Crippen LogP contribution >= 0.6 is 0 Å². The minimum absolute atomic E-state index is 0.316. The molecular weight excluding hydrogens is 446 g/mol. The molecule has 0 atom stereocenters. The second kappa shape index (κ2) is 11.0. The van der Waals surface area contributed by atoms with Gasteiger partial charge in [-0.05, 0) is 62.4 Å². The van der Waals surface area contributed by atoms with E-state index in [1.165, 1.54) is 38.4 Å². The first-order valence-corrected chi connectivity index (χ1v) is 14.4. The molecule has 6 nitrogen and oxygen atoms in total. The van der Waals surface area contributed by atoms with Gasteiger partial charge in [0.2, 0.25) is 5.91 Å². The van der Waals surface area contributed by atoms with E-state index in [-0.39, 0.29) is 0 Å². The highest BCUT2D eigenvalue weighted by atomic mass is 32.2. The van der Waals surface area contributed by atoms with Gasteiger partial charge in [0.15, 0.2) is 9.84 Å². The standard InChI is InChI=1S/C27H37N3O3S/c1-29(24-14-16-30(17-15-24)27(31)18-21-6-4-3-5-7-21)20-22-8-13-26(28-19-22)23-9-11-25(12-10-23)34(2,32)33/h8-13,19,21,24H,3-7,14-18,20H2,1-2H3. The zero-order valence-corrected chi connectivity index (χ0v) is 21.3. The quantitative estimate of drug-likeness (QED) is 0.578. The number of rotatable bonds is 7. The third kappa shape index (κ3) is 6.45. The molecule has 4 rings (SSSR count). The van der Waals surface area contributed by atoms with Crippen LogP contribution in [0, 0.1) is 5.92 Å². The number of amides is 1. The SMILES string of the molecule is CN(Cc1ccc(-c2ccc(S(C)(=O)=O)cc2)nc1)C1CCN(C(=O)CC2CCCCC2)CC1. The number of carbonyl (C=O) groups excluding carboxylic acids is 1. The van der Waals surface area contributed by atoms with Crippen molar-refractivity contribution < 1.29 is 13.2 Å². The maximum atomic E-state index is 12.7. The minimum atomic E-state index is -3.20. The Morgan fingerprint density at radius 1 is 1.00 bits per heavy atom. The largest absolute Gasteiger partial charge is 0.343 e. The Bertz CT molecular complexity index is 1050. The monoisotopic (exact) mass is 483 g/mol. The van der Waals surface area contributed by atoms with Crippen molar-refractivity contribution >= 4 is 15.7 Å². The molecule has 1 aliphatic carbocycles. The molecule has 1 saturated carbocycles. The summed E-state index contributed by atoms with van der Waals surface area (Å²) >= 11 is 0. The van der Waals surface area contributed by atoms with Gasteiger partial charge in [0, 0.05) is 50.1 Å². The molecule has 0 N–H and O–H groups in total. The molecule has 1 aliphatic heterocycles. The van der Waals surface area contributed by atoms with E-state index in [0.29, 0.717) is 22.8 Å². The summed E-state index contributed by atoms with van der Waals surface area (Å²) in [5, 5.41) is 0. The molecule has 1 amide bonds. The maximum absolute atomic E-state index is 12.7. The van der Waals surface area contributed by atoms with Crippen LogP contribution in [0.3, 0.4) is 0 Å². The Morgan fingerprint density at radius 3 is 2.26 bits per heavy atom. The van der Waals surface area contributed by atoms with Gasteiger partial charge in [-0.15, -0.1) is 0 Å². The fourth-order valence-electron chi connectivity index (χ4n) is 5.30. The number of sulfone groups is 1. The molecule has 0 spiro atoms. The summed E-state index contributed by atoms with van der Waals surface area (Å²) in [4.78, 5) is 22.1. The van der Waals surface area contributed by atoms with Gasteiger partial charge in [0.1, 0.15) is 0 Å². The molecule has 0 radical (unpaired) electrons. The molecule has 1 aromatic carbocycles. The van der Waals surface area contributed by atoms with Gasteiger partial charge >= 0.3 is 0 Å². The highest BCUT2D eigenvalue weighted by Crippen LogP contribution is 2.28. The number of hydrogen-bond donors (Lipinski definition) is 0. The molecule has 2 fully saturated rings. The van der Waals surface area contributed by atoms with Gasteiger partial charge in [-0.1, -0.05) is 37.5 Å². The van der Waals surface area contributed by atoms with Crippen LogP contribution in [-0.2, 0) is 21.2 Å². The molecule has 34 heavy (non-hydrogen) atoms. The van der Waals surface area contributed by atoms with E-state index in [0.717, 1.165) is 55.7 Å². The molecule has 2 aliphatic rings. The van der Waals surface area contributed by atoms with Crippen LogP contribution in [0.15, 0.2) is 47.5 Å². The highest BCUT2D eigenvalue weighted by molar-refractivity contribution is 7.90. The molecule has 1 saturated heterocycles. The van der Waals surface area contributed by atoms with Gasteiger partial charge in [-0.3, -0.25) is 14.7 Å². The summed E-state index contributed by atoms with van der Waals surface area (Å²) in [5.41, 5.74) is 2.88. The van der Waals surface area contributed by atoms with Crippen LogP contribution in [-0.4, -0.2) is 61.5 Å². The summed E-state index contributed by atoms with van der Waals surface area (Å²) in [6.07, 6.45) is 12.3. The molecule has 0 unspecified atom stereocenters. The topological polar surface area (TPSA) is 70.6 Å². The zero-order valence-electron chi connectivity index (χ0n) is 20.4. The smallest absolute Gasteiger partial charge is 0.222 e. The lowest BCUT2D eigenvalue weighted by Gasteiger charge is -2.37. The van der Waals surface area contributed by atoms with Gasteiger partial charge in [0.25, 0.3) is 0 Å². The fraction of sp³-hybridized carbons (Fsp3) is 0.556. The van der Waals surface area contributed by atoms with Crippen LogP contribution in [0.1, 0.15) is 56.9 Å². The maximum Gasteiger partial charge on any atom is 0.222 e. The molecule has 2 aromatic rings. The predicted octanol–water partition coefficient (Wildman–Crippen LogP) is 4.55. The van der Waals surface area contributed by atoms with E-state index in [9.17, 15) is 13.2 Å². The van der Waals surface area contributed by atoms with E-state index in [4.69, 9.17) is 0 Å². The number of likely N-dealkylation sites (tertiary alicyclic amines) is 1. The van der Waals surface area contributed by atoms with E-state index >= 15 is 0 Å². The third-order valence-electron chi connectivity index (χ3n) is 7.46.